The van der Waals surface area contributed by atoms with Crippen LogP contribution in [0.4, 0.5) is 10.5 Å². The molecular formula is C32H48N6O5. The molecule has 11 nitrogen and oxygen atoms in total. The summed E-state index contributed by atoms with van der Waals surface area (Å²) < 4.78 is 5.37. The van der Waals surface area contributed by atoms with Crippen LogP contribution < -0.4 is 21.7 Å². The molecule has 0 aliphatic rings. The van der Waals surface area contributed by atoms with Gasteiger partial charge in [0.1, 0.15) is 12.6 Å². The summed E-state index contributed by atoms with van der Waals surface area (Å²) in [4.78, 5) is 53.2. The first kappa shape index (κ1) is 35.2. The Morgan fingerprint density at radius 2 is 1.49 bits per heavy atom. The fourth-order valence-corrected chi connectivity index (χ4v) is 4.23. The van der Waals surface area contributed by atoms with Gasteiger partial charge in [0, 0.05) is 45.8 Å². The van der Waals surface area contributed by atoms with Gasteiger partial charge in [-0.05, 0) is 55.5 Å². The molecule has 43 heavy (non-hydrogen) atoms. The SMILES string of the molecule is CC(=O)N(C)CCN(C)C(=O)OCc1ccc(NC(=O)[C@H](CCCCN)NC(=O)[C@H](Cc2ccccc2)NC(C)C)cc1. The summed E-state index contributed by atoms with van der Waals surface area (Å²) in [7, 11) is 3.28. The molecule has 11 heteroatoms. The highest BCUT2D eigenvalue weighted by atomic mass is 16.6. The molecule has 5 N–H and O–H groups in total. The van der Waals surface area contributed by atoms with Crippen molar-refractivity contribution in [3.05, 3.63) is 65.7 Å². The maximum absolute atomic E-state index is 13.4. The summed E-state index contributed by atoms with van der Waals surface area (Å²) in [5.41, 5.74) is 8.00. The third kappa shape index (κ3) is 13.3. The molecule has 0 bridgehead atoms. The van der Waals surface area contributed by atoms with Gasteiger partial charge in [0.25, 0.3) is 0 Å². The van der Waals surface area contributed by atoms with Crippen LogP contribution >= 0.6 is 0 Å². The zero-order valence-electron chi connectivity index (χ0n) is 26.1. The van der Waals surface area contributed by atoms with Gasteiger partial charge in [0.05, 0.1) is 6.04 Å². The Bertz CT molecular complexity index is 1160. The smallest absolute Gasteiger partial charge is 0.409 e. The van der Waals surface area contributed by atoms with Crippen molar-refractivity contribution in [3.8, 4) is 0 Å². The number of nitrogens with one attached hydrogen (secondary N) is 3. The number of nitrogens with zero attached hydrogens (tertiary/aromatic N) is 2. The second-order valence-electron chi connectivity index (χ2n) is 11.0. The molecule has 0 fully saturated rings. The Kier molecular flexibility index (Phi) is 15.2. The van der Waals surface area contributed by atoms with E-state index in [4.69, 9.17) is 10.5 Å². The quantitative estimate of drug-likeness (QED) is 0.205. The van der Waals surface area contributed by atoms with Gasteiger partial charge in [-0.1, -0.05) is 56.3 Å². The zero-order valence-corrected chi connectivity index (χ0v) is 26.1. The Morgan fingerprint density at radius 1 is 0.837 bits per heavy atom. The molecule has 0 radical (unpaired) electrons. The van der Waals surface area contributed by atoms with E-state index in [1.54, 1.807) is 38.4 Å². The Morgan fingerprint density at radius 3 is 2.09 bits per heavy atom. The third-order valence-electron chi connectivity index (χ3n) is 6.92. The van der Waals surface area contributed by atoms with Crippen LogP contribution in [0.1, 0.15) is 51.2 Å². The monoisotopic (exact) mass is 596 g/mol. The van der Waals surface area contributed by atoms with Gasteiger partial charge < -0.3 is 36.2 Å². The van der Waals surface area contributed by atoms with Crippen LogP contribution in [0.3, 0.4) is 0 Å². The number of hydrogen-bond acceptors (Lipinski definition) is 7. The molecule has 2 rings (SSSR count). The maximum Gasteiger partial charge on any atom is 0.409 e. The largest absolute Gasteiger partial charge is 0.445 e. The molecule has 0 saturated carbocycles. The normalized spacial score (nSPS) is 12.3. The molecule has 2 atom stereocenters. The molecule has 236 valence electrons. The number of rotatable bonds is 17. The summed E-state index contributed by atoms with van der Waals surface area (Å²) in [6, 6.07) is 15.6. The first-order valence-electron chi connectivity index (χ1n) is 14.8. The Balaban J connectivity index is 1.98. The fraction of sp³-hybridized carbons (Fsp3) is 0.500. The lowest BCUT2D eigenvalue weighted by atomic mass is 10.0. The van der Waals surface area contributed by atoms with Gasteiger partial charge in [-0.15, -0.1) is 0 Å². The van der Waals surface area contributed by atoms with Crippen LogP contribution in [0.25, 0.3) is 0 Å². The van der Waals surface area contributed by atoms with E-state index in [9.17, 15) is 19.2 Å². The van der Waals surface area contributed by atoms with Crippen molar-refractivity contribution in [3.63, 3.8) is 0 Å². The zero-order chi connectivity index (χ0) is 31.8. The Hall–Kier alpha value is -3.96. The van der Waals surface area contributed by atoms with Crippen molar-refractivity contribution in [1.29, 1.82) is 0 Å². The van der Waals surface area contributed by atoms with E-state index >= 15 is 0 Å². The van der Waals surface area contributed by atoms with Crippen molar-refractivity contribution in [1.82, 2.24) is 20.4 Å². The number of benzene rings is 2. The van der Waals surface area contributed by atoms with Crippen molar-refractivity contribution in [2.75, 3.05) is 39.0 Å². The molecule has 0 saturated heterocycles. The lowest BCUT2D eigenvalue weighted by molar-refractivity contribution is -0.128. The number of anilines is 1. The summed E-state index contributed by atoms with van der Waals surface area (Å²) in [5.74, 6) is -0.626. The first-order valence-corrected chi connectivity index (χ1v) is 14.8. The van der Waals surface area contributed by atoms with Gasteiger partial charge in [-0.3, -0.25) is 14.4 Å². The highest BCUT2D eigenvalue weighted by Crippen LogP contribution is 2.13. The van der Waals surface area contributed by atoms with Gasteiger partial charge in [-0.25, -0.2) is 4.79 Å². The van der Waals surface area contributed by atoms with E-state index < -0.39 is 18.2 Å². The van der Waals surface area contributed by atoms with Crippen LogP contribution in [-0.2, 0) is 32.1 Å². The number of likely N-dealkylation sites (N-methyl/N-ethyl adjacent to an activating group) is 2. The van der Waals surface area contributed by atoms with Crippen molar-refractivity contribution in [2.24, 2.45) is 5.73 Å². The molecule has 0 spiro atoms. The average Bonchev–Trinajstić information content (AvgIpc) is 2.98. The standard InChI is InChI=1S/C32H48N6O5/c1-23(2)34-29(21-25-11-7-6-8-12-25)31(41)36-28(13-9-10-18-33)30(40)35-27-16-14-26(15-17-27)22-43-32(42)38(5)20-19-37(4)24(3)39/h6-8,11-12,14-17,23,28-29,34H,9-10,13,18-22,33H2,1-5H3,(H,35,40)(H,36,41)/t28-,29-/m0/s1. The van der Waals surface area contributed by atoms with Gasteiger partial charge in [0.15, 0.2) is 0 Å². The minimum absolute atomic E-state index is 0.0589. The number of carbonyl (C=O) groups excluding carboxylic acids is 4. The topological polar surface area (TPSA) is 146 Å². The minimum Gasteiger partial charge on any atom is -0.445 e. The van der Waals surface area contributed by atoms with E-state index in [0.29, 0.717) is 44.6 Å². The van der Waals surface area contributed by atoms with E-state index in [1.807, 2.05) is 44.2 Å². The molecule has 0 aliphatic heterocycles. The molecular weight excluding hydrogens is 548 g/mol. The number of nitrogens with two attached hydrogens (primary N) is 1. The lowest BCUT2D eigenvalue weighted by Crippen LogP contribution is -2.53. The van der Waals surface area contributed by atoms with Crippen LogP contribution in [-0.4, -0.2) is 85.5 Å². The molecule has 0 unspecified atom stereocenters. The van der Waals surface area contributed by atoms with E-state index in [-0.39, 0.29) is 30.4 Å². The second kappa shape index (κ2) is 18.6. The highest BCUT2D eigenvalue weighted by Gasteiger charge is 2.26. The third-order valence-corrected chi connectivity index (χ3v) is 6.92. The van der Waals surface area contributed by atoms with Crippen LogP contribution in [0.5, 0.6) is 0 Å². The summed E-state index contributed by atoms with van der Waals surface area (Å²) in [6.45, 7) is 6.75. The van der Waals surface area contributed by atoms with Crippen molar-refractivity contribution in [2.45, 2.75) is 71.2 Å². The minimum atomic E-state index is -0.732. The number of unbranched alkanes of at least 4 members (excludes halogenated alkanes) is 1. The second-order valence-corrected chi connectivity index (χ2v) is 11.0. The average molecular weight is 597 g/mol. The lowest BCUT2D eigenvalue weighted by Gasteiger charge is -2.25. The van der Waals surface area contributed by atoms with E-state index in [1.165, 1.54) is 16.7 Å². The number of carbonyl (C=O) groups is 4. The summed E-state index contributed by atoms with van der Waals surface area (Å²) in [6.07, 6.45) is 1.90. The van der Waals surface area contributed by atoms with Crippen molar-refractivity contribution >= 4 is 29.5 Å². The predicted molar refractivity (Wildman–Crippen MR) is 168 cm³/mol. The van der Waals surface area contributed by atoms with E-state index in [2.05, 4.69) is 16.0 Å². The van der Waals surface area contributed by atoms with Gasteiger partial charge >= 0.3 is 6.09 Å². The predicted octanol–water partition coefficient (Wildman–Crippen LogP) is 2.89. The molecule has 0 heterocycles. The van der Waals surface area contributed by atoms with Crippen LogP contribution in [0.15, 0.2) is 54.6 Å². The Labute approximate surface area is 255 Å². The van der Waals surface area contributed by atoms with Gasteiger partial charge in [-0.2, -0.15) is 0 Å². The van der Waals surface area contributed by atoms with E-state index in [0.717, 1.165) is 17.5 Å². The first-order chi connectivity index (χ1) is 20.5. The maximum atomic E-state index is 13.4. The molecule has 2 aromatic rings. The van der Waals surface area contributed by atoms with Gasteiger partial charge in [0.2, 0.25) is 17.7 Å². The summed E-state index contributed by atoms with van der Waals surface area (Å²) in [5, 5.41) is 9.18. The summed E-state index contributed by atoms with van der Waals surface area (Å²) >= 11 is 0. The number of hydrogen-bond donors (Lipinski definition) is 4. The number of ether oxygens (including phenoxy) is 1. The molecule has 2 aromatic carbocycles. The highest BCUT2D eigenvalue weighted by molar-refractivity contribution is 5.97. The molecule has 0 aromatic heterocycles. The number of amides is 4. The van der Waals surface area contributed by atoms with Crippen LogP contribution in [0, 0.1) is 0 Å². The van der Waals surface area contributed by atoms with Crippen molar-refractivity contribution < 1.29 is 23.9 Å². The fourth-order valence-electron chi connectivity index (χ4n) is 4.23. The van der Waals surface area contributed by atoms with Crippen LogP contribution in [0.2, 0.25) is 0 Å². The molecule has 4 amide bonds. The molecule has 0 aliphatic carbocycles.